The van der Waals surface area contributed by atoms with Crippen molar-refractivity contribution >= 4 is 5.84 Å². The van der Waals surface area contributed by atoms with Gasteiger partial charge in [-0.25, -0.2) is 0 Å². The highest BCUT2D eigenvalue weighted by molar-refractivity contribution is 6.03. The number of hydrogen-bond donors (Lipinski definition) is 0. The van der Waals surface area contributed by atoms with E-state index >= 15 is 0 Å². The minimum Gasteiger partial charge on any atom is -0.336 e. The highest BCUT2D eigenvalue weighted by Crippen LogP contribution is 2.13. The molecule has 2 heteroatoms. The van der Waals surface area contributed by atoms with Crippen LogP contribution in [0.5, 0.6) is 0 Å². The lowest BCUT2D eigenvalue weighted by Gasteiger charge is -2.12. The van der Waals surface area contributed by atoms with Crippen molar-refractivity contribution in [2.75, 3.05) is 7.05 Å². The molecule has 1 heterocycles. The number of rotatable bonds is 1. The lowest BCUT2D eigenvalue weighted by molar-refractivity contribution is 0.684. The van der Waals surface area contributed by atoms with Gasteiger partial charge in [0.1, 0.15) is 5.84 Å². The second-order valence-corrected chi connectivity index (χ2v) is 3.22. The molecule has 1 rings (SSSR count). The van der Waals surface area contributed by atoms with Crippen molar-refractivity contribution in [3.8, 4) is 0 Å². The molecule has 0 spiro atoms. The summed E-state index contributed by atoms with van der Waals surface area (Å²) in [6.07, 6.45) is 6.21. The van der Waals surface area contributed by atoms with Gasteiger partial charge >= 0.3 is 0 Å². The fourth-order valence-electron chi connectivity index (χ4n) is 1.18. The van der Waals surface area contributed by atoms with Crippen LogP contribution in [0.2, 0.25) is 0 Å². The Hall–Kier alpha value is -1.05. The Kier molecular flexibility index (Phi) is 2.69. The van der Waals surface area contributed by atoms with Gasteiger partial charge in [0.15, 0.2) is 0 Å². The lowest BCUT2D eigenvalue weighted by atomic mass is 10.2. The van der Waals surface area contributed by atoms with E-state index in [0.29, 0.717) is 6.04 Å². The minimum atomic E-state index is 0.359. The highest BCUT2D eigenvalue weighted by Gasteiger charge is 2.13. The molecule has 0 fully saturated rings. The first-order chi connectivity index (χ1) is 5.65. The highest BCUT2D eigenvalue weighted by atomic mass is 15.2. The summed E-state index contributed by atoms with van der Waals surface area (Å²) in [4.78, 5) is 6.57. The van der Waals surface area contributed by atoms with Crippen LogP contribution in [0.25, 0.3) is 0 Å². The second kappa shape index (κ2) is 3.57. The van der Waals surface area contributed by atoms with Gasteiger partial charge < -0.3 is 4.90 Å². The SMILES string of the molecule is C/C=C1/C=CN(C)C1=NC(C)C. The van der Waals surface area contributed by atoms with E-state index in [2.05, 4.69) is 35.9 Å². The van der Waals surface area contributed by atoms with Gasteiger partial charge in [-0.3, -0.25) is 4.99 Å². The molecular formula is C10H16N2. The molecule has 0 N–H and O–H groups in total. The van der Waals surface area contributed by atoms with Crippen LogP contribution in [0.3, 0.4) is 0 Å². The molecule has 66 valence electrons. The van der Waals surface area contributed by atoms with E-state index in [-0.39, 0.29) is 0 Å². The Bertz CT molecular complexity index is 247. The molecule has 0 atom stereocenters. The molecule has 0 aromatic carbocycles. The maximum Gasteiger partial charge on any atom is 0.134 e. The molecular weight excluding hydrogens is 148 g/mol. The van der Waals surface area contributed by atoms with Crippen molar-refractivity contribution < 1.29 is 0 Å². The topological polar surface area (TPSA) is 15.6 Å². The Labute approximate surface area is 74.3 Å². The van der Waals surface area contributed by atoms with Crippen molar-refractivity contribution in [3.05, 3.63) is 23.9 Å². The van der Waals surface area contributed by atoms with Crippen LogP contribution >= 0.6 is 0 Å². The van der Waals surface area contributed by atoms with Gasteiger partial charge in [-0.15, -0.1) is 0 Å². The van der Waals surface area contributed by atoms with E-state index in [1.807, 2.05) is 20.2 Å². The van der Waals surface area contributed by atoms with E-state index in [9.17, 15) is 0 Å². The Morgan fingerprint density at radius 3 is 2.67 bits per heavy atom. The first-order valence-electron chi connectivity index (χ1n) is 4.30. The lowest BCUT2D eigenvalue weighted by Crippen LogP contribution is -2.18. The molecule has 0 radical (unpaired) electrons. The molecule has 0 saturated heterocycles. The summed E-state index contributed by atoms with van der Waals surface area (Å²) in [7, 11) is 2.02. The zero-order chi connectivity index (χ0) is 9.14. The van der Waals surface area contributed by atoms with Crippen LogP contribution in [0.1, 0.15) is 20.8 Å². The summed E-state index contributed by atoms with van der Waals surface area (Å²) in [5.41, 5.74) is 1.21. The van der Waals surface area contributed by atoms with Crippen LogP contribution in [0.4, 0.5) is 0 Å². The molecule has 1 aliphatic rings. The molecule has 12 heavy (non-hydrogen) atoms. The summed E-state index contributed by atoms with van der Waals surface area (Å²) in [5.74, 6) is 1.08. The molecule has 0 aromatic rings. The average molecular weight is 164 g/mol. The van der Waals surface area contributed by atoms with Gasteiger partial charge in [0.25, 0.3) is 0 Å². The molecule has 0 unspecified atom stereocenters. The zero-order valence-corrected chi connectivity index (χ0v) is 8.20. The molecule has 2 nitrogen and oxygen atoms in total. The third-order valence-corrected chi connectivity index (χ3v) is 1.76. The van der Waals surface area contributed by atoms with E-state index < -0.39 is 0 Å². The number of hydrogen-bond acceptors (Lipinski definition) is 1. The number of allylic oxidation sites excluding steroid dienone is 1. The monoisotopic (exact) mass is 164 g/mol. The normalized spacial score (nSPS) is 23.6. The Balaban J connectivity index is 2.90. The zero-order valence-electron chi connectivity index (χ0n) is 8.20. The van der Waals surface area contributed by atoms with Crippen LogP contribution < -0.4 is 0 Å². The molecule has 0 aromatic heterocycles. The van der Waals surface area contributed by atoms with Crippen LogP contribution in [-0.4, -0.2) is 23.8 Å². The van der Waals surface area contributed by atoms with Gasteiger partial charge in [-0.1, -0.05) is 6.08 Å². The fraction of sp³-hybridized carbons (Fsp3) is 0.500. The van der Waals surface area contributed by atoms with E-state index in [4.69, 9.17) is 0 Å². The second-order valence-electron chi connectivity index (χ2n) is 3.22. The first-order valence-corrected chi connectivity index (χ1v) is 4.30. The van der Waals surface area contributed by atoms with Gasteiger partial charge in [-0.2, -0.15) is 0 Å². The quantitative estimate of drug-likeness (QED) is 0.580. The number of likely N-dealkylation sites (N-methyl/N-ethyl adjacent to an activating group) is 1. The molecule has 0 amide bonds. The first kappa shape index (κ1) is 9.04. The Morgan fingerprint density at radius 2 is 2.17 bits per heavy atom. The standard InChI is InChI=1S/C10H16N2/c1-5-9-6-7-12(4)10(9)11-8(2)3/h5-8H,1-4H3/b9-5-,11-10?. The number of aliphatic imine (C=N–C) groups is 1. The fourth-order valence-corrected chi connectivity index (χ4v) is 1.18. The third-order valence-electron chi connectivity index (χ3n) is 1.76. The maximum atomic E-state index is 4.52. The minimum absolute atomic E-state index is 0.359. The van der Waals surface area contributed by atoms with Crippen molar-refractivity contribution in [1.29, 1.82) is 0 Å². The molecule has 0 aliphatic carbocycles. The van der Waals surface area contributed by atoms with Gasteiger partial charge in [0.2, 0.25) is 0 Å². The van der Waals surface area contributed by atoms with Crippen molar-refractivity contribution in [1.82, 2.24) is 4.90 Å². The average Bonchev–Trinajstić information content (AvgIpc) is 2.32. The predicted octanol–water partition coefficient (Wildman–Crippen LogP) is 2.20. The van der Waals surface area contributed by atoms with E-state index in [0.717, 1.165) is 5.84 Å². The number of amidine groups is 1. The van der Waals surface area contributed by atoms with Crippen LogP contribution in [0.15, 0.2) is 28.9 Å². The number of nitrogens with zero attached hydrogens (tertiary/aromatic N) is 2. The summed E-state index contributed by atoms with van der Waals surface area (Å²) in [5, 5.41) is 0. The van der Waals surface area contributed by atoms with Crippen LogP contribution in [-0.2, 0) is 0 Å². The van der Waals surface area contributed by atoms with Crippen molar-refractivity contribution in [3.63, 3.8) is 0 Å². The summed E-state index contributed by atoms with van der Waals surface area (Å²) < 4.78 is 0. The van der Waals surface area contributed by atoms with E-state index in [1.165, 1.54) is 5.57 Å². The maximum absolute atomic E-state index is 4.52. The van der Waals surface area contributed by atoms with Crippen LogP contribution in [0, 0.1) is 0 Å². The Morgan fingerprint density at radius 1 is 1.50 bits per heavy atom. The van der Waals surface area contributed by atoms with Gasteiger partial charge in [0, 0.05) is 24.9 Å². The van der Waals surface area contributed by atoms with Gasteiger partial charge in [0.05, 0.1) is 0 Å². The van der Waals surface area contributed by atoms with Gasteiger partial charge in [-0.05, 0) is 26.8 Å². The summed E-state index contributed by atoms with van der Waals surface area (Å²) in [6, 6.07) is 0.359. The van der Waals surface area contributed by atoms with E-state index in [1.54, 1.807) is 0 Å². The smallest absolute Gasteiger partial charge is 0.134 e. The summed E-state index contributed by atoms with van der Waals surface area (Å²) >= 11 is 0. The van der Waals surface area contributed by atoms with Crippen molar-refractivity contribution in [2.45, 2.75) is 26.8 Å². The molecule has 0 saturated carbocycles. The largest absolute Gasteiger partial charge is 0.336 e. The molecule has 0 bridgehead atoms. The molecule has 1 aliphatic heterocycles. The third kappa shape index (κ3) is 1.76. The summed E-state index contributed by atoms with van der Waals surface area (Å²) in [6.45, 7) is 6.22. The predicted molar refractivity (Wildman–Crippen MR) is 53.2 cm³/mol. The van der Waals surface area contributed by atoms with Crippen molar-refractivity contribution in [2.24, 2.45) is 4.99 Å².